The van der Waals surface area contributed by atoms with Crippen LogP contribution >= 0.6 is 11.3 Å². The Labute approximate surface area is 304 Å². The second kappa shape index (κ2) is 11.5. The van der Waals surface area contributed by atoms with E-state index in [9.17, 15) is 0 Å². The second-order valence-corrected chi connectivity index (χ2v) is 14.6. The number of hydrogen-bond acceptors (Lipinski definition) is 2. The number of thiophene rings is 1. The lowest BCUT2D eigenvalue weighted by molar-refractivity contribution is 0.568. The second-order valence-electron chi connectivity index (χ2n) is 13.6. The summed E-state index contributed by atoms with van der Waals surface area (Å²) in [5.41, 5.74) is 9.93. The van der Waals surface area contributed by atoms with E-state index in [2.05, 4.69) is 170 Å². The van der Waals surface area contributed by atoms with Crippen molar-refractivity contribution in [1.29, 1.82) is 0 Å². The van der Waals surface area contributed by atoms with Gasteiger partial charge < -0.3 is 4.42 Å². The highest BCUT2D eigenvalue weighted by Gasteiger charge is 2.21. The van der Waals surface area contributed by atoms with Crippen molar-refractivity contribution >= 4 is 74.6 Å². The number of hydrogen-bond donors (Lipinski definition) is 0. The molecule has 0 bridgehead atoms. The van der Waals surface area contributed by atoms with Gasteiger partial charge in [-0.2, -0.15) is 0 Å². The third-order valence-corrected chi connectivity index (χ3v) is 11.9. The lowest BCUT2D eigenvalue weighted by Gasteiger charge is -2.18. The molecule has 1 nitrogen and oxygen atoms in total. The molecule has 9 aromatic carbocycles. The molecule has 2 aromatic heterocycles. The van der Waals surface area contributed by atoms with E-state index in [4.69, 9.17) is 4.42 Å². The predicted octanol–water partition coefficient (Wildman–Crippen LogP) is 14.9. The molecule has 0 unspecified atom stereocenters. The van der Waals surface area contributed by atoms with Crippen molar-refractivity contribution in [3.8, 4) is 44.5 Å². The molecule has 0 fully saturated rings. The Bertz CT molecular complexity index is 3050. The molecule has 0 spiro atoms. The highest BCUT2D eigenvalue weighted by Crippen LogP contribution is 2.49. The minimum Gasteiger partial charge on any atom is -0.472 e. The van der Waals surface area contributed by atoms with Gasteiger partial charge in [0.05, 0.1) is 12.5 Å². The maximum Gasteiger partial charge on any atom is 0.0981 e. The monoisotopic (exact) mass is 678 g/mol. The normalized spacial score (nSPS) is 11.8. The van der Waals surface area contributed by atoms with E-state index in [1.807, 2.05) is 17.6 Å². The first-order valence-electron chi connectivity index (χ1n) is 17.7. The van der Waals surface area contributed by atoms with Crippen molar-refractivity contribution in [2.24, 2.45) is 0 Å². The third kappa shape index (κ3) is 4.28. The molecule has 52 heavy (non-hydrogen) atoms. The van der Waals surface area contributed by atoms with Gasteiger partial charge in [-0.05, 0) is 94.7 Å². The quantitative estimate of drug-likeness (QED) is 0.169. The Kier molecular flexibility index (Phi) is 6.49. The zero-order valence-electron chi connectivity index (χ0n) is 28.1. The number of benzene rings is 9. The van der Waals surface area contributed by atoms with Crippen molar-refractivity contribution in [1.82, 2.24) is 0 Å². The smallest absolute Gasteiger partial charge is 0.0981 e. The van der Waals surface area contributed by atoms with Gasteiger partial charge in [-0.3, -0.25) is 0 Å². The largest absolute Gasteiger partial charge is 0.472 e. The van der Waals surface area contributed by atoms with Gasteiger partial charge in [0.15, 0.2) is 0 Å². The van der Waals surface area contributed by atoms with Gasteiger partial charge in [0.2, 0.25) is 0 Å². The van der Waals surface area contributed by atoms with Crippen molar-refractivity contribution < 1.29 is 4.42 Å². The topological polar surface area (TPSA) is 13.1 Å². The van der Waals surface area contributed by atoms with Crippen LogP contribution in [0.2, 0.25) is 0 Å². The molecule has 11 aromatic rings. The summed E-state index contributed by atoms with van der Waals surface area (Å²) < 4.78 is 8.19. The van der Waals surface area contributed by atoms with Gasteiger partial charge >= 0.3 is 0 Å². The molecule has 0 aliphatic heterocycles. The summed E-state index contributed by atoms with van der Waals surface area (Å²) in [5.74, 6) is 0. The Morgan fingerprint density at radius 3 is 1.37 bits per heavy atom. The first-order valence-corrected chi connectivity index (χ1v) is 18.6. The molecule has 2 heteroatoms. The molecule has 11 rings (SSSR count). The van der Waals surface area contributed by atoms with Gasteiger partial charge in [-0.1, -0.05) is 152 Å². The highest BCUT2D eigenvalue weighted by atomic mass is 32.1. The maximum absolute atomic E-state index is 5.59. The summed E-state index contributed by atoms with van der Waals surface area (Å²) in [7, 11) is 0. The molecule has 0 aliphatic rings. The van der Waals surface area contributed by atoms with Gasteiger partial charge in [0.25, 0.3) is 0 Å². The van der Waals surface area contributed by atoms with Crippen molar-refractivity contribution in [3.05, 3.63) is 182 Å². The lowest BCUT2D eigenvalue weighted by atomic mass is 9.85. The van der Waals surface area contributed by atoms with E-state index in [-0.39, 0.29) is 0 Å². The molecule has 0 aliphatic carbocycles. The molecule has 0 saturated carbocycles. The molecule has 0 N–H and O–H groups in total. The van der Waals surface area contributed by atoms with E-state index >= 15 is 0 Å². The van der Waals surface area contributed by atoms with Crippen LogP contribution in [0.15, 0.2) is 187 Å². The van der Waals surface area contributed by atoms with E-state index in [0.717, 1.165) is 5.56 Å². The van der Waals surface area contributed by atoms with Crippen LogP contribution in [0, 0.1) is 0 Å². The minimum absolute atomic E-state index is 1.10. The summed E-state index contributed by atoms with van der Waals surface area (Å²) in [5, 5.41) is 12.7. The van der Waals surface area contributed by atoms with Crippen molar-refractivity contribution in [2.45, 2.75) is 0 Å². The van der Waals surface area contributed by atoms with Crippen LogP contribution < -0.4 is 0 Å². The van der Waals surface area contributed by atoms with Crippen molar-refractivity contribution in [3.63, 3.8) is 0 Å². The summed E-state index contributed by atoms with van der Waals surface area (Å²) in [4.78, 5) is 0. The highest BCUT2D eigenvalue weighted by molar-refractivity contribution is 7.26. The first-order chi connectivity index (χ1) is 25.8. The summed E-state index contributed by atoms with van der Waals surface area (Å²) in [6, 6.07) is 62.4. The van der Waals surface area contributed by atoms with Crippen molar-refractivity contribution in [2.75, 3.05) is 0 Å². The number of fused-ring (bicyclic) bond motifs is 7. The third-order valence-electron chi connectivity index (χ3n) is 10.8. The average Bonchev–Trinajstić information content (AvgIpc) is 3.87. The summed E-state index contributed by atoms with van der Waals surface area (Å²) in [6.45, 7) is 0. The molecular weight excluding hydrogens is 649 g/mol. The fourth-order valence-corrected chi connectivity index (χ4v) is 9.85. The molecule has 242 valence electrons. The van der Waals surface area contributed by atoms with E-state index in [1.165, 1.54) is 102 Å². The van der Waals surface area contributed by atoms with Gasteiger partial charge in [-0.25, -0.2) is 0 Å². The number of furan rings is 1. The van der Waals surface area contributed by atoms with E-state index < -0.39 is 0 Å². The fraction of sp³-hybridized carbons (Fsp3) is 0. The predicted molar refractivity (Wildman–Crippen MR) is 223 cm³/mol. The molecule has 0 radical (unpaired) electrons. The SMILES string of the molecule is c1ccc(-c2c3ccccc3c(-c3ccc4c(c3)sc3cccc(-c5c6ccccc6c(-c6ccoc6)c6ccccc56)c34)c3ccccc23)cc1. The van der Waals surface area contributed by atoms with Crippen LogP contribution in [-0.2, 0) is 0 Å². The van der Waals surface area contributed by atoms with Crippen LogP contribution in [0.4, 0.5) is 0 Å². The summed E-state index contributed by atoms with van der Waals surface area (Å²) in [6.07, 6.45) is 3.63. The minimum atomic E-state index is 1.10. The molecule has 0 atom stereocenters. The number of rotatable bonds is 4. The molecular formula is C50H30OS. The Morgan fingerprint density at radius 2 is 0.827 bits per heavy atom. The summed E-state index contributed by atoms with van der Waals surface area (Å²) >= 11 is 1.89. The van der Waals surface area contributed by atoms with Crippen LogP contribution in [0.5, 0.6) is 0 Å². The van der Waals surface area contributed by atoms with Gasteiger partial charge in [0.1, 0.15) is 0 Å². The molecule has 0 saturated heterocycles. The van der Waals surface area contributed by atoms with Gasteiger partial charge in [0, 0.05) is 31.3 Å². The van der Waals surface area contributed by atoms with Crippen LogP contribution in [-0.4, -0.2) is 0 Å². The van der Waals surface area contributed by atoms with E-state index in [0.29, 0.717) is 0 Å². The Hall–Kier alpha value is -6.48. The molecule has 0 amide bonds. The zero-order valence-corrected chi connectivity index (χ0v) is 29.0. The first kappa shape index (κ1) is 29.3. The molecule has 2 heterocycles. The fourth-order valence-electron chi connectivity index (χ4n) is 8.68. The van der Waals surface area contributed by atoms with Crippen LogP contribution in [0.25, 0.3) is 108 Å². The Morgan fingerprint density at radius 1 is 0.327 bits per heavy atom. The Balaban J connectivity index is 1.19. The average molecular weight is 679 g/mol. The van der Waals surface area contributed by atoms with Gasteiger partial charge in [-0.15, -0.1) is 11.3 Å². The van der Waals surface area contributed by atoms with E-state index in [1.54, 1.807) is 6.26 Å². The van der Waals surface area contributed by atoms with Crippen LogP contribution in [0.1, 0.15) is 0 Å². The van der Waals surface area contributed by atoms with Crippen LogP contribution in [0.3, 0.4) is 0 Å². The standard InChI is InChI=1S/C50H30OS/c1-2-13-31(14-3-1)46-34-15-4-6-17-36(34)47(37-18-7-5-16-35(37)46)32-25-26-42-45(29-32)52-44-24-12-23-43(50(42)44)49-40-21-10-8-19-38(40)48(33-27-28-51-30-33)39-20-9-11-22-41(39)49/h1-30H. The lowest BCUT2D eigenvalue weighted by Crippen LogP contribution is -1.91. The zero-order chi connectivity index (χ0) is 34.2. The maximum atomic E-state index is 5.59.